The van der Waals surface area contributed by atoms with Gasteiger partial charge in [-0.15, -0.1) is 0 Å². The third kappa shape index (κ3) is 2.80. The lowest BCUT2D eigenvalue weighted by Gasteiger charge is -2.28. The number of nitrogens with one attached hydrogen (secondary N) is 4. The molecule has 0 spiro atoms. The number of urea groups is 1. The van der Waals surface area contributed by atoms with Crippen molar-refractivity contribution < 1.29 is 19.5 Å². The van der Waals surface area contributed by atoms with E-state index in [9.17, 15) is 19.5 Å². The second-order valence-electron chi connectivity index (χ2n) is 5.17. The maximum atomic E-state index is 11.4. The van der Waals surface area contributed by atoms with Crippen LogP contribution in [0.1, 0.15) is 5.56 Å². The standard InChI is InChI=1S/C16H14N4O4/c1-17-11-12(14(22)13(11)21)18-9-5-2-8(3-6-9)4-7-10-15(23)20-16(24)19-10/h2-3,5-6,10,14,17-18,22H,1H3,(H2,19,20,23,24). The first-order chi connectivity index (χ1) is 11.5. The third-order valence-corrected chi connectivity index (χ3v) is 3.59. The molecule has 1 fully saturated rings. The van der Waals surface area contributed by atoms with Crippen LogP contribution in [0.2, 0.25) is 0 Å². The zero-order valence-electron chi connectivity index (χ0n) is 12.6. The molecule has 0 radical (unpaired) electrons. The molecular formula is C16H14N4O4. The number of likely N-dealkylation sites (N-methyl/N-ethyl adjacent to an activating group) is 1. The van der Waals surface area contributed by atoms with Crippen molar-refractivity contribution in [1.82, 2.24) is 16.0 Å². The number of amides is 3. The van der Waals surface area contributed by atoms with Gasteiger partial charge in [0.15, 0.2) is 12.1 Å². The van der Waals surface area contributed by atoms with Gasteiger partial charge in [-0.05, 0) is 24.3 Å². The summed E-state index contributed by atoms with van der Waals surface area (Å²) in [6.07, 6.45) is -1.14. The van der Waals surface area contributed by atoms with Crippen molar-refractivity contribution in [3.8, 4) is 11.8 Å². The lowest BCUT2D eigenvalue weighted by molar-refractivity contribution is -0.124. The fourth-order valence-corrected chi connectivity index (χ4v) is 2.31. The number of aliphatic hydroxyl groups is 1. The van der Waals surface area contributed by atoms with E-state index in [1.54, 1.807) is 31.3 Å². The Hall–Kier alpha value is -3.31. The molecule has 0 saturated carbocycles. The highest BCUT2D eigenvalue weighted by molar-refractivity contribution is 6.09. The predicted octanol–water partition coefficient (Wildman–Crippen LogP) is -0.967. The van der Waals surface area contributed by atoms with Crippen LogP contribution in [0.25, 0.3) is 0 Å². The van der Waals surface area contributed by atoms with Gasteiger partial charge in [0.25, 0.3) is 5.91 Å². The van der Waals surface area contributed by atoms with Crippen LogP contribution < -0.4 is 21.3 Å². The highest BCUT2D eigenvalue weighted by Crippen LogP contribution is 2.24. The zero-order chi connectivity index (χ0) is 17.3. The molecule has 8 heteroatoms. The SMILES string of the molecule is CNC1=C(Nc2ccc(C#CC3NC(=O)NC3=O)cc2)C(O)C1=O. The molecule has 1 heterocycles. The summed E-state index contributed by atoms with van der Waals surface area (Å²) < 4.78 is 0. The summed E-state index contributed by atoms with van der Waals surface area (Å²) in [7, 11) is 1.61. The van der Waals surface area contributed by atoms with Crippen LogP contribution in [0, 0.1) is 11.8 Å². The Kier molecular flexibility index (Phi) is 3.93. The maximum absolute atomic E-state index is 11.4. The topological polar surface area (TPSA) is 120 Å². The second-order valence-corrected chi connectivity index (χ2v) is 5.17. The lowest BCUT2D eigenvalue weighted by atomic mass is 9.95. The van der Waals surface area contributed by atoms with Crippen LogP contribution in [-0.4, -0.2) is 42.0 Å². The summed E-state index contributed by atoms with van der Waals surface area (Å²) >= 11 is 0. The summed E-state index contributed by atoms with van der Waals surface area (Å²) in [6, 6.07) is 5.49. The van der Waals surface area contributed by atoms with Gasteiger partial charge in [-0.25, -0.2) is 4.79 Å². The normalized spacial score (nSPS) is 22.2. The first-order valence-electron chi connectivity index (χ1n) is 7.14. The Morgan fingerprint density at radius 1 is 1.17 bits per heavy atom. The second kappa shape index (κ2) is 6.06. The highest BCUT2D eigenvalue weighted by atomic mass is 16.3. The van der Waals surface area contributed by atoms with Gasteiger partial charge >= 0.3 is 6.03 Å². The predicted molar refractivity (Wildman–Crippen MR) is 84.5 cm³/mol. The molecule has 2 aliphatic rings. The van der Waals surface area contributed by atoms with Gasteiger partial charge in [-0.2, -0.15) is 0 Å². The van der Waals surface area contributed by atoms with Crippen LogP contribution in [0.5, 0.6) is 0 Å². The van der Waals surface area contributed by atoms with Gasteiger partial charge in [0.1, 0.15) is 5.70 Å². The van der Waals surface area contributed by atoms with Gasteiger partial charge < -0.3 is 21.1 Å². The van der Waals surface area contributed by atoms with Crippen LogP contribution in [0.4, 0.5) is 10.5 Å². The van der Waals surface area contributed by atoms with Crippen molar-refractivity contribution in [2.75, 3.05) is 12.4 Å². The van der Waals surface area contributed by atoms with Gasteiger partial charge in [-0.3, -0.25) is 14.9 Å². The summed E-state index contributed by atoms with van der Waals surface area (Å²) in [5, 5.41) is 19.8. The smallest absolute Gasteiger partial charge is 0.322 e. The van der Waals surface area contributed by atoms with Gasteiger partial charge in [0.2, 0.25) is 5.78 Å². The summed E-state index contributed by atoms with van der Waals surface area (Å²) in [4.78, 5) is 33.8. The van der Waals surface area contributed by atoms with E-state index >= 15 is 0 Å². The molecule has 1 aromatic rings. The summed E-state index contributed by atoms with van der Waals surface area (Å²) in [5.74, 6) is 4.65. The van der Waals surface area contributed by atoms with Crippen LogP contribution in [0.3, 0.4) is 0 Å². The molecule has 1 aliphatic heterocycles. The number of aliphatic hydroxyl groups excluding tert-OH is 1. The third-order valence-electron chi connectivity index (χ3n) is 3.59. The first kappa shape index (κ1) is 15.6. The largest absolute Gasteiger partial charge is 0.384 e. The fourth-order valence-electron chi connectivity index (χ4n) is 2.31. The van der Waals surface area contributed by atoms with E-state index in [1.165, 1.54) is 0 Å². The maximum Gasteiger partial charge on any atom is 0.322 e. The summed E-state index contributed by atoms with van der Waals surface area (Å²) in [6.45, 7) is 0. The van der Waals surface area contributed by atoms with Crippen molar-refractivity contribution in [1.29, 1.82) is 0 Å². The van der Waals surface area contributed by atoms with Gasteiger partial charge in [0.05, 0.1) is 5.70 Å². The average molecular weight is 326 g/mol. The quantitative estimate of drug-likeness (QED) is 0.360. The zero-order valence-corrected chi connectivity index (χ0v) is 12.6. The Morgan fingerprint density at radius 3 is 2.46 bits per heavy atom. The average Bonchev–Trinajstić information content (AvgIpc) is 2.91. The number of benzene rings is 1. The minimum atomic E-state index is -1.14. The molecular weight excluding hydrogens is 312 g/mol. The molecule has 122 valence electrons. The van der Waals surface area contributed by atoms with E-state index in [-0.39, 0.29) is 5.78 Å². The van der Waals surface area contributed by atoms with Crippen molar-refractivity contribution >= 4 is 23.4 Å². The van der Waals surface area contributed by atoms with E-state index in [1.807, 2.05) is 0 Å². The molecule has 3 rings (SSSR count). The van der Waals surface area contributed by atoms with Crippen molar-refractivity contribution in [3.05, 3.63) is 41.2 Å². The molecule has 1 saturated heterocycles. The number of ketones is 1. The summed E-state index contributed by atoms with van der Waals surface area (Å²) in [5.41, 5.74) is 2.12. The Labute approximate surface area is 137 Å². The molecule has 3 amide bonds. The fraction of sp³-hybridized carbons (Fsp3) is 0.188. The molecule has 1 aliphatic carbocycles. The highest BCUT2D eigenvalue weighted by Gasteiger charge is 2.37. The van der Waals surface area contributed by atoms with Crippen molar-refractivity contribution in [2.24, 2.45) is 0 Å². The molecule has 8 nitrogen and oxygen atoms in total. The van der Waals surface area contributed by atoms with Gasteiger partial charge in [0, 0.05) is 18.3 Å². The van der Waals surface area contributed by atoms with Crippen LogP contribution in [-0.2, 0) is 9.59 Å². The number of carbonyl (C=O) groups is 3. The minimum Gasteiger partial charge on any atom is -0.384 e. The Balaban J connectivity index is 1.69. The number of imide groups is 1. The molecule has 2 unspecified atom stereocenters. The number of Topliss-reactive ketones (excluding diaryl/α,β-unsaturated/α-hetero) is 1. The van der Waals surface area contributed by atoms with Crippen LogP contribution in [0.15, 0.2) is 35.7 Å². The molecule has 2 atom stereocenters. The Morgan fingerprint density at radius 2 is 1.88 bits per heavy atom. The number of hydrogen-bond acceptors (Lipinski definition) is 6. The molecule has 24 heavy (non-hydrogen) atoms. The van der Waals surface area contributed by atoms with E-state index in [0.717, 1.165) is 0 Å². The number of carbonyl (C=O) groups excluding carboxylic acids is 3. The van der Waals surface area contributed by atoms with Gasteiger partial charge in [-0.1, -0.05) is 11.8 Å². The first-order valence-corrected chi connectivity index (χ1v) is 7.14. The number of hydrogen-bond donors (Lipinski definition) is 5. The van der Waals surface area contributed by atoms with Crippen molar-refractivity contribution in [3.63, 3.8) is 0 Å². The molecule has 1 aromatic carbocycles. The molecule has 0 aromatic heterocycles. The minimum absolute atomic E-state index is 0.348. The van der Waals surface area contributed by atoms with Crippen LogP contribution >= 0.6 is 0 Å². The van der Waals surface area contributed by atoms with E-state index in [4.69, 9.17) is 0 Å². The molecule has 5 N–H and O–H groups in total. The molecule has 0 bridgehead atoms. The number of rotatable bonds is 3. The lowest BCUT2D eigenvalue weighted by Crippen LogP contribution is -2.44. The van der Waals surface area contributed by atoms with E-state index < -0.39 is 24.1 Å². The Bertz CT molecular complexity index is 817. The monoisotopic (exact) mass is 326 g/mol. The van der Waals surface area contributed by atoms with E-state index in [2.05, 4.69) is 33.1 Å². The number of anilines is 1. The van der Waals surface area contributed by atoms with Crippen molar-refractivity contribution in [2.45, 2.75) is 12.1 Å². The van der Waals surface area contributed by atoms with E-state index in [0.29, 0.717) is 22.6 Å².